The first-order chi connectivity index (χ1) is 10.0. The van der Waals surface area contributed by atoms with Gasteiger partial charge in [-0.3, -0.25) is 4.68 Å². The molecule has 2 rings (SSSR count). The summed E-state index contributed by atoms with van der Waals surface area (Å²) in [6, 6.07) is 5.24. The molecule has 0 saturated carbocycles. The van der Waals surface area contributed by atoms with E-state index in [1.807, 2.05) is 0 Å². The molecule has 0 aliphatic rings. The van der Waals surface area contributed by atoms with Crippen molar-refractivity contribution in [1.29, 1.82) is 0 Å². The van der Waals surface area contributed by atoms with E-state index in [-0.39, 0.29) is 0 Å². The molecule has 1 unspecified atom stereocenters. The molecule has 0 bridgehead atoms. The van der Waals surface area contributed by atoms with Crippen molar-refractivity contribution in [2.24, 2.45) is 0 Å². The molecule has 120 valence electrons. The average molecular weight is 319 g/mol. The minimum atomic E-state index is -5.67. The van der Waals surface area contributed by atoms with Gasteiger partial charge in [-0.1, -0.05) is 12.1 Å². The third-order valence-electron chi connectivity index (χ3n) is 3.46. The number of nitrogens with zero attached hydrogens (tertiary/aromatic N) is 2. The fourth-order valence-electron chi connectivity index (χ4n) is 1.98. The van der Waals surface area contributed by atoms with Crippen molar-refractivity contribution >= 4 is 5.69 Å². The normalized spacial score (nSPS) is 14.1. The Morgan fingerprint density at radius 1 is 1.14 bits per heavy atom. The number of halogens is 5. The Morgan fingerprint density at radius 2 is 1.77 bits per heavy atom. The van der Waals surface area contributed by atoms with Crippen LogP contribution < -0.4 is 5.73 Å². The largest absolute Gasteiger partial charge is 0.459 e. The Balaban J connectivity index is 2.33. The quantitative estimate of drug-likeness (QED) is 0.685. The van der Waals surface area contributed by atoms with Gasteiger partial charge in [0, 0.05) is 11.9 Å². The first kappa shape index (κ1) is 16.3. The molecular formula is C14H14F5N3. The van der Waals surface area contributed by atoms with Crippen LogP contribution in [0.4, 0.5) is 27.6 Å². The molecular weight excluding hydrogens is 305 g/mol. The zero-order valence-electron chi connectivity index (χ0n) is 11.8. The summed E-state index contributed by atoms with van der Waals surface area (Å²) in [6.45, 7) is 3.42. The van der Waals surface area contributed by atoms with Gasteiger partial charge in [-0.25, -0.2) is 0 Å². The van der Waals surface area contributed by atoms with Crippen LogP contribution in [0.25, 0.3) is 0 Å². The molecule has 2 aromatic rings. The van der Waals surface area contributed by atoms with Crippen LogP contribution in [0.1, 0.15) is 29.8 Å². The van der Waals surface area contributed by atoms with E-state index in [1.54, 1.807) is 32.0 Å². The summed E-state index contributed by atoms with van der Waals surface area (Å²) in [5, 5.41) is 3.39. The molecule has 0 spiro atoms. The topological polar surface area (TPSA) is 43.8 Å². The summed E-state index contributed by atoms with van der Waals surface area (Å²) >= 11 is 0. The number of hydrogen-bond acceptors (Lipinski definition) is 2. The van der Waals surface area contributed by atoms with E-state index in [9.17, 15) is 22.0 Å². The van der Waals surface area contributed by atoms with Gasteiger partial charge >= 0.3 is 12.1 Å². The van der Waals surface area contributed by atoms with Gasteiger partial charge in [0.25, 0.3) is 0 Å². The average Bonchev–Trinajstić information content (AvgIpc) is 2.90. The second kappa shape index (κ2) is 5.26. The van der Waals surface area contributed by atoms with E-state index in [0.29, 0.717) is 17.3 Å². The van der Waals surface area contributed by atoms with Crippen LogP contribution in [0.2, 0.25) is 0 Å². The van der Waals surface area contributed by atoms with Gasteiger partial charge < -0.3 is 5.73 Å². The highest BCUT2D eigenvalue weighted by molar-refractivity contribution is 5.48. The van der Waals surface area contributed by atoms with Gasteiger partial charge in [-0.05, 0) is 37.1 Å². The molecule has 8 heteroatoms. The molecule has 3 nitrogen and oxygen atoms in total. The summed E-state index contributed by atoms with van der Waals surface area (Å²) in [6.07, 6.45) is -4.57. The van der Waals surface area contributed by atoms with E-state index in [0.717, 1.165) is 16.4 Å². The van der Waals surface area contributed by atoms with Crippen LogP contribution in [-0.2, 0) is 5.92 Å². The van der Waals surface area contributed by atoms with Crippen LogP contribution in [0, 0.1) is 6.92 Å². The van der Waals surface area contributed by atoms with E-state index < -0.39 is 23.8 Å². The monoisotopic (exact) mass is 319 g/mol. The lowest BCUT2D eigenvalue weighted by Gasteiger charge is -2.18. The summed E-state index contributed by atoms with van der Waals surface area (Å²) < 4.78 is 64.6. The molecule has 2 N–H and O–H groups in total. The van der Waals surface area contributed by atoms with Gasteiger partial charge in [0.2, 0.25) is 0 Å². The van der Waals surface area contributed by atoms with E-state index >= 15 is 0 Å². The van der Waals surface area contributed by atoms with E-state index in [1.165, 1.54) is 0 Å². The van der Waals surface area contributed by atoms with Gasteiger partial charge in [0.1, 0.15) is 5.69 Å². The predicted molar refractivity (Wildman–Crippen MR) is 71.6 cm³/mol. The molecule has 1 heterocycles. The summed E-state index contributed by atoms with van der Waals surface area (Å²) in [7, 11) is 0. The first-order valence-electron chi connectivity index (χ1n) is 6.40. The lowest BCUT2D eigenvalue weighted by atomic mass is 10.0. The van der Waals surface area contributed by atoms with Crippen molar-refractivity contribution < 1.29 is 22.0 Å². The van der Waals surface area contributed by atoms with Crippen molar-refractivity contribution in [3.05, 3.63) is 47.3 Å². The molecule has 0 radical (unpaired) electrons. The zero-order chi connectivity index (χ0) is 16.7. The number of alkyl halides is 5. The third kappa shape index (κ3) is 2.77. The summed E-state index contributed by atoms with van der Waals surface area (Å²) in [5.41, 5.74) is 6.43. The van der Waals surface area contributed by atoms with E-state index in [2.05, 4.69) is 5.10 Å². The zero-order valence-corrected chi connectivity index (χ0v) is 11.8. The number of nitrogens with two attached hydrogens (primary N) is 1. The number of nitrogen functional groups attached to an aromatic ring is 1. The standard InChI is InChI=1S/C14H14F5N3/c1-8-7-10(3-4-11(8)20)9(2)22-6-5-12(21-22)13(15,16)14(17,18)19/h3-7,9H,20H2,1-2H3. The van der Waals surface area contributed by atoms with Gasteiger partial charge in [-0.2, -0.15) is 27.1 Å². The lowest BCUT2D eigenvalue weighted by molar-refractivity contribution is -0.291. The highest BCUT2D eigenvalue weighted by atomic mass is 19.4. The fourth-order valence-corrected chi connectivity index (χ4v) is 1.98. The molecule has 0 fully saturated rings. The molecule has 22 heavy (non-hydrogen) atoms. The number of anilines is 1. The van der Waals surface area contributed by atoms with Crippen LogP contribution in [0.15, 0.2) is 30.5 Å². The lowest BCUT2D eigenvalue weighted by Crippen LogP contribution is -2.34. The van der Waals surface area contributed by atoms with Crippen molar-refractivity contribution in [3.8, 4) is 0 Å². The van der Waals surface area contributed by atoms with Crippen molar-refractivity contribution in [2.75, 3.05) is 5.73 Å². The Morgan fingerprint density at radius 3 is 2.32 bits per heavy atom. The minimum absolute atomic E-state index is 0.503. The maximum absolute atomic E-state index is 13.2. The Labute approximate surface area is 123 Å². The van der Waals surface area contributed by atoms with Crippen LogP contribution in [-0.4, -0.2) is 16.0 Å². The fraction of sp³-hybridized carbons (Fsp3) is 0.357. The maximum atomic E-state index is 13.2. The molecule has 0 aliphatic carbocycles. The van der Waals surface area contributed by atoms with Gasteiger partial charge in [-0.15, -0.1) is 0 Å². The van der Waals surface area contributed by atoms with Crippen LogP contribution >= 0.6 is 0 Å². The number of rotatable bonds is 3. The maximum Gasteiger partial charge on any atom is 0.459 e. The number of aromatic nitrogens is 2. The second-order valence-corrected chi connectivity index (χ2v) is 5.05. The molecule has 0 amide bonds. The number of aryl methyl sites for hydroxylation is 1. The number of hydrogen-bond donors (Lipinski definition) is 1. The molecule has 1 aromatic carbocycles. The predicted octanol–water partition coefficient (Wildman–Crippen LogP) is 4.04. The second-order valence-electron chi connectivity index (χ2n) is 5.05. The minimum Gasteiger partial charge on any atom is -0.399 e. The molecule has 0 aliphatic heterocycles. The molecule has 0 saturated heterocycles. The summed E-state index contributed by atoms with van der Waals surface area (Å²) in [4.78, 5) is 0. The van der Waals surface area contributed by atoms with Crippen molar-refractivity contribution in [2.45, 2.75) is 32.0 Å². The third-order valence-corrected chi connectivity index (χ3v) is 3.46. The number of benzene rings is 1. The smallest absolute Gasteiger partial charge is 0.399 e. The highest BCUT2D eigenvalue weighted by Gasteiger charge is 2.60. The first-order valence-corrected chi connectivity index (χ1v) is 6.40. The van der Waals surface area contributed by atoms with Crippen LogP contribution in [0.5, 0.6) is 0 Å². The molecule has 1 atom stereocenters. The van der Waals surface area contributed by atoms with Crippen LogP contribution in [0.3, 0.4) is 0 Å². The Kier molecular flexibility index (Phi) is 3.88. The summed E-state index contributed by atoms with van der Waals surface area (Å²) in [5.74, 6) is -4.98. The van der Waals surface area contributed by atoms with Gasteiger partial charge in [0.05, 0.1) is 6.04 Å². The molecule has 1 aromatic heterocycles. The SMILES string of the molecule is Cc1cc(C(C)n2ccc(C(F)(F)C(F)(F)F)n2)ccc1N. The van der Waals surface area contributed by atoms with Crippen molar-refractivity contribution in [3.63, 3.8) is 0 Å². The van der Waals surface area contributed by atoms with Crippen molar-refractivity contribution in [1.82, 2.24) is 9.78 Å². The van der Waals surface area contributed by atoms with Gasteiger partial charge in [0.15, 0.2) is 0 Å². The Hall–Kier alpha value is -2.12. The van der Waals surface area contributed by atoms with E-state index in [4.69, 9.17) is 5.73 Å². The Bertz CT molecular complexity index is 675. The highest BCUT2D eigenvalue weighted by Crippen LogP contribution is 2.43.